The van der Waals surface area contributed by atoms with E-state index in [4.69, 9.17) is 0 Å². The van der Waals surface area contributed by atoms with Gasteiger partial charge in [-0.25, -0.2) is 8.78 Å². The van der Waals surface area contributed by atoms with Crippen LogP contribution in [-0.4, -0.2) is 23.7 Å². The van der Waals surface area contributed by atoms with Crippen LogP contribution in [0.25, 0.3) is 0 Å². The quantitative estimate of drug-likeness (QED) is 0.893. The minimum atomic E-state index is -0.907. The zero-order chi connectivity index (χ0) is 15.5. The smallest absolute Gasteiger partial charge is 0.254 e. The molecule has 0 aliphatic rings. The summed E-state index contributed by atoms with van der Waals surface area (Å²) >= 11 is 0. The number of aliphatic hydroxyl groups is 1. The van der Waals surface area contributed by atoms with Crippen LogP contribution in [0.15, 0.2) is 12.1 Å². The average Bonchev–Trinajstić information content (AvgIpc) is 2.28. The van der Waals surface area contributed by atoms with Crippen molar-refractivity contribution in [3.8, 4) is 0 Å². The molecule has 0 aromatic heterocycles. The van der Waals surface area contributed by atoms with Crippen molar-refractivity contribution >= 4 is 5.91 Å². The highest BCUT2D eigenvalue weighted by atomic mass is 19.1. The summed E-state index contributed by atoms with van der Waals surface area (Å²) in [5, 5.41) is 12.2. The van der Waals surface area contributed by atoms with Gasteiger partial charge in [0.05, 0.1) is 11.7 Å². The summed E-state index contributed by atoms with van der Waals surface area (Å²) in [4.78, 5) is 11.8. The maximum absolute atomic E-state index is 13.5. The molecule has 2 N–H and O–H groups in total. The van der Waals surface area contributed by atoms with Gasteiger partial charge in [0.2, 0.25) is 0 Å². The average molecular weight is 285 g/mol. The topological polar surface area (TPSA) is 49.3 Å². The Balaban J connectivity index is 2.66. The standard InChI is InChI=1S/C15H21F2NO2/c1-9-5-11(13(17)6-12(9)16)14(20)18-8-10(19)7-15(2,3)4/h5-6,10,19H,7-8H2,1-4H3,(H,18,20). The van der Waals surface area contributed by atoms with Gasteiger partial charge in [-0.05, 0) is 30.4 Å². The van der Waals surface area contributed by atoms with E-state index in [2.05, 4.69) is 5.32 Å². The molecule has 5 heteroatoms. The number of benzene rings is 1. The first kappa shape index (κ1) is 16.6. The Labute approximate surface area is 118 Å². The van der Waals surface area contributed by atoms with Crippen molar-refractivity contribution in [2.45, 2.75) is 40.2 Å². The van der Waals surface area contributed by atoms with E-state index in [0.29, 0.717) is 12.5 Å². The zero-order valence-electron chi connectivity index (χ0n) is 12.3. The van der Waals surface area contributed by atoms with Crippen molar-refractivity contribution in [3.63, 3.8) is 0 Å². The van der Waals surface area contributed by atoms with Crippen molar-refractivity contribution in [2.75, 3.05) is 6.54 Å². The maximum atomic E-state index is 13.5. The van der Waals surface area contributed by atoms with Crippen LogP contribution < -0.4 is 5.32 Å². The summed E-state index contributed by atoms with van der Waals surface area (Å²) in [5.74, 6) is -2.25. The molecule has 1 aromatic carbocycles. The van der Waals surface area contributed by atoms with Crippen LogP contribution in [0.1, 0.15) is 43.1 Å². The van der Waals surface area contributed by atoms with Crippen LogP contribution in [0.4, 0.5) is 8.78 Å². The summed E-state index contributed by atoms with van der Waals surface area (Å²) in [5.41, 5.74) is -0.0827. The van der Waals surface area contributed by atoms with Crippen LogP contribution in [0.3, 0.4) is 0 Å². The summed E-state index contributed by atoms with van der Waals surface area (Å²) in [6, 6.07) is 1.85. The molecule has 1 atom stereocenters. The number of amides is 1. The predicted octanol–water partition coefficient (Wildman–Crippen LogP) is 2.80. The van der Waals surface area contributed by atoms with Crippen LogP contribution in [-0.2, 0) is 0 Å². The second-order valence-corrected chi connectivity index (χ2v) is 6.21. The fraction of sp³-hybridized carbons (Fsp3) is 0.533. The van der Waals surface area contributed by atoms with Crippen molar-refractivity contribution in [2.24, 2.45) is 5.41 Å². The fourth-order valence-corrected chi connectivity index (χ4v) is 1.92. The Kier molecular flexibility index (Phi) is 5.22. The fourth-order valence-electron chi connectivity index (χ4n) is 1.92. The first-order valence-electron chi connectivity index (χ1n) is 6.52. The van der Waals surface area contributed by atoms with Gasteiger partial charge in [0.1, 0.15) is 11.6 Å². The van der Waals surface area contributed by atoms with Gasteiger partial charge in [-0.1, -0.05) is 20.8 Å². The number of rotatable bonds is 4. The minimum Gasteiger partial charge on any atom is -0.391 e. The van der Waals surface area contributed by atoms with Crippen LogP contribution in [0.5, 0.6) is 0 Å². The van der Waals surface area contributed by atoms with E-state index in [1.54, 1.807) is 0 Å². The van der Waals surface area contributed by atoms with E-state index < -0.39 is 23.6 Å². The van der Waals surface area contributed by atoms with Gasteiger partial charge < -0.3 is 10.4 Å². The van der Waals surface area contributed by atoms with E-state index in [1.807, 2.05) is 20.8 Å². The second kappa shape index (κ2) is 6.31. The van der Waals surface area contributed by atoms with Crippen LogP contribution in [0.2, 0.25) is 0 Å². The largest absolute Gasteiger partial charge is 0.391 e. The molecule has 1 amide bonds. The third-order valence-electron chi connectivity index (χ3n) is 2.84. The number of carbonyl (C=O) groups excluding carboxylic acids is 1. The molecule has 0 radical (unpaired) electrons. The number of aliphatic hydroxyl groups excluding tert-OH is 1. The minimum absolute atomic E-state index is 0.0337. The van der Waals surface area contributed by atoms with Crippen molar-refractivity contribution in [1.82, 2.24) is 5.32 Å². The second-order valence-electron chi connectivity index (χ2n) is 6.21. The molecule has 0 bridgehead atoms. The molecule has 0 saturated carbocycles. The van der Waals surface area contributed by atoms with Gasteiger partial charge in [0.15, 0.2) is 0 Å². The SMILES string of the molecule is Cc1cc(C(=O)NCC(O)CC(C)(C)C)c(F)cc1F. The number of halogens is 2. The van der Waals surface area contributed by atoms with Gasteiger partial charge in [-0.3, -0.25) is 4.79 Å². The van der Waals surface area contributed by atoms with Gasteiger partial charge in [-0.15, -0.1) is 0 Å². The highest BCUT2D eigenvalue weighted by Gasteiger charge is 2.19. The summed E-state index contributed by atoms with van der Waals surface area (Å²) in [7, 11) is 0. The molecule has 0 saturated heterocycles. The van der Waals surface area contributed by atoms with Crippen molar-refractivity contribution in [1.29, 1.82) is 0 Å². The number of hydrogen-bond donors (Lipinski definition) is 2. The molecule has 1 aromatic rings. The third-order valence-corrected chi connectivity index (χ3v) is 2.84. The van der Waals surface area contributed by atoms with Gasteiger partial charge >= 0.3 is 0 Å². The number of aryl methyl sites for hydroxylation is 1. The Bertz CT molecular complexity index is 495. The molecular formula is C15H21F2NO2. The molecule has 112 valence electrons. The molecule has 0 spiro atoms. The lowest BCUT2D eigenvalue weighted by Gasteiger charge is -2.22. The highest BCUT2D eigenvalue weighted by Crippen LogP contribution is 2.20. The first-order valence-corrected chi connectivity index (χ1v) is 6.52. The molecule has 1 rings (SSSR count). The monoisotopic (exact) mass is 285 g/mol. The van der Waals surface area contributed by atoms with E-state index in [9.17, 15) is 18.7 Å². The first-order chi connectivity index (χ1) is 9.10. The number of nitrogens with one attached hydrogen (secondary N) is 1. The van der Waals surface area contributed by atoms with Gasteiger partial charge in [0.25, 0.3) is 5.91 Å². The molecule has 3 nitrogen and oxygen atoms in total. The number of hydrogen-bond acceptors (Lipinski definition) is 2. The molecule has 20 heavy (non-hydrogen) atoms. The summed E-state index contributed by atoms with van der Waals surface area (Å²) in [6.07, 6.45) is -0.193. The highest BCUT2D eigenvalue weighted by molar-refractivity contribution is 5.94. The lowest BCUT2D eigenvalue weighted by Crippen LogP contribution is -2.34. The van der Waals surface area contributed by atoms with Gasteiger partial charge in [0, 0.05) is 12.6 Å². The maximum Gasteiger partial charge on any atom is 0.254 e. The Morgan fingerprint density at radius 1 is 1.30 bits per heavy atom. The molecule has 0 aliphatic carbocycles. The zero-order valence-corrected chi connectivity index (χ0v) is 12.3. The normalized spacial score (nSPS) is 13.2. The van der Waals surface area contributed by atoms with Crippen LogP contribution >= 0.6 is 0 Å². The summed E-state index contributed by atoms with van der Waals surface area (Å²) < 4.78 is 26.6. The lowest BCUT2D eigenvalue weighted by atomic mass is 9.89. The number of carbonyl (C=O) groups is 1. The summed E-state index contributed by atoms with van der Waals surface area (Å²) in [6.45, 7) is 7.41. The molecule has 0 aliphatic heterocycles. The van der Waals surface area contributed by atoms with Crippen molar-refractivity contribution in [3.05, 3.63) is 34.9 Å². The Hall–Kier alpha value is -1.49. The van der Waals surface area contributed by atoms with Crippen molar-refractivity contribution < 1.29 is 18.7 Å². The van der Waals surface area contributed by atoms with E-state index in [1.165, 1.54) is 6.92 Å². The van der Waals surface area contributed by atoms with E-state index >= 15 is 0 Å². The van der Waals surface area contributed by atoms with E-state index in [0.717, 1.165) is 6.07 Å². The molecule has 1 unspecified atom stereocenters. The Morgan fingerprint density at radius 2 is 1.90 bits per heavy atom. The predicted molar refractivity (Wildman–Crippen MR) is 73.5 cm³/mol. The lowest BCUT2D eigenvalue weighted by molar-refractivity contribution is 0.0865. The third kappa shape index (κ3) is 4.89. The van der Waals surface area contributed by atoms with E-state index in [-0.39, 0.29) is 23.1 Å². The van der Waals surface area contributed by atoms with Crippen LogP contribution in [0, 0.1) is 24.0 Å². The molecule has 0 heterocycles. The Morgan fingerprint density at radius 3 is 2.45 bits per heavy atom. The molecular weight excluding hydrogens is 264 g/mol. The molecule has 0 fully saturated rings. The van der Waals surface area contributed by atoms with Gasteiger partial charge in [-0.2, -0.15) is 0 Å².